The summed E-state index contributed by atoms with van der Waals surface area (Å²) in [5.41, 5.74) is 1.32. The monoisotopic (exact) mass is 283 g/mol. The molecule has 0 atom stereocenters. The Kier molecular flexibility index (Phi) is 4.57. The molecule has 1 amide bonds. The average Bonchev–Trinajstić information content (AvgIpc) is 2.90. The molecule has 0 aliphatic rings. The molecule has 2 rings (SSSR count). The van der Waals surface area contributed by atoms with Gasteiger partial charge in [-0.15, -0.1) is 0 Å². The summed E-state index contributed by atoms with van der Waals surface area (Å²) in [5.74, 6) is 0.790. The molecule has 1 heterocycles. The zero-order valence-electron chi connectivity index (χ0n) is 12.1. The van der Waals surface area contributed by atoms with E-state index in [0.717, 1.165) is 11.5 Å². The number of rotatable bonds is 5. The van der Waals surface area contributed by atoms with E-state index in [1.165, 1.54) is 0 Å². The molecular weight excluding hydrogens is 266 g/mol. The summed E-state index contributed by atoms with van der Waals surface area (Å²) >= 11 is 0. The van der Waals surface area contributed by atoms with E-state index in [2.05, 4.69) is 16.4 Å². The largest absolute Gasteiger partial charge is 0.376 e. The van der Waals surface area contributed by atoms with Crippen LogP contribution in [0.3, 0.4) is 0 Å². The Labute approximate surface area is 123 Å². The number of nitrogens with one attached hydrogen (secondary N) is 1. The highest BCUT2D eigenvalue weighted by Gasteiger charge is 2.11. The van der Waals surface area contributed by atoms with Gasteiger partial charge in [-0.2, -0.15) is 5.26 Å². The highest BCUT2D eigenvalue weighted by atomic mass is 16.2. The van der Waals surface area contributed by atoms with Crippen molar-refractivity contribution in [2.45, 2.75) is 6.54 Å². The third-order valence-electron chi connectivity index (χ3n) is 3.16. The van der Waals surface area contributed by atoms with Crippen molar-refractivity contribution in [2.24, 2.45) is 7.05 Å². The maximum absolute atomic E-state index is 12.1. The second-order valence-electron chi connectivity index (χ2n) is 4.75. The minimum atomic E-state index is -0.0413. The first kappa shape index (κ1) is 14.6. The van der Waals surface area contributed by atoms with Crippen LogP contribution in [0, 0.1) is 11.3 Å². The van der Waals surface area contributed by atoms with Crippen molar-refractivity contribution in [3.8, 4) is 6.07 Å². The first-order valence-electron chi connectivity index (χ1n) is 6.54. The van der Waals surface area contributed by atoms with E-state index in [9.17, 15) is 4.79 Å². The SMILES string of the molecule is CN(Cc1nccn1C)C(=O)CNc1cccc(C#N)c1. The Morgan fingerprint density at radius 3 is 3.00 bits per heavy atom. The molecule has 2 aromatic rings. The Hall–Kier alpha value is -2.81. The lowest BCUT2D eigenvalue weighted by atomic mass is 10.2. The van der Waals surface area contributed by atoms with E-state index in [4.69, 9.17) is 5.26 Å². The van der Waals surface area contributed by atoms with Gasteiger partial charge in [-0.3, -0.25) is 4.79 Å². The van der Waals surface area contributed by atoms with Crippen molar-refractivity contribution in [1.29, 1.82) is 5.26 Å². The number of likely N-dealkylation sites (N-methyl/N-ethyl adjacent to an activating group) is 1. The molecule has 0 aliphatic heterocycles. The Bertz CT molecular complexity index is 671. The van der Waals surface area contributed by atoms with Crippen LogP contribution in [0.1, 0.15) is 11.4 Å². The molecule has 108 valence electrons. The first-order chi connectivity index (χ1) is 10.1. The second kappa shape index (κ2) is 6.57. The van der Waals surface area contributed by atoms with Crippen LogP contribution in [0.25, 0.3) is 0 Å². The lowest BCUT2D eigenvalue weighted by Gasteiger charge is -2.17. The molecule has 0 radical (unpaired) electrons. The molecule has 21 heavy (non-hydrogen) atoms. The number of carbonyl (C=O) groups excluding carboxylic acids is 1. The fraction of sp³-hybridized carbons (Fsp3) is 0.267. The van der Waals surface area contributed by atoms with E-state index in [1.54, 1.807) is 36.3 Å². The van der Waals surface area contributed by atoms with Crippen molar-refractivity contribution in [3.05, 3.63) is 48.0 Å². The fourth-order valence-corrected chi connectivity index (χ4v) is 1.86. The third kappa shape index (κ3) is 3.83. The molecule has 6 nitrogen and oxygen atoms in total. The van der Waals surface area contributed by atoms with Crippen LogP contribution in [-0.4, -0.2) is 34.0 Å². The first-order valence-corrected chi connectivity index (χ1v) is 6.54. The van der Waals surface area contributed by atoms with Gasteiger partial charge in [-0.25, -0.2) is 4.98 Å². The van der Waals surface area contributed by atoms with E-state index >= 15 is 0 Å². The second-order valence-corrected chi connectivity index (χ2v) is 4.75. The molecule has 6 heteroatoms. The van der Waals surface area contributed by atoms with Crippen molar-refractivity contribution in [1.82, 2.24) is 14.5 Å². The van der Waals surface area contributed by atoms with Crippen LogP contribution in [0.5, 0.6) is 0 Å². The summed E-state index contributed by atoms with van der Waals surface area (Å²) in [5, 5.41) is 11.9. The van der Waals surface area contributed by atoms with E-state index in [0.29, 0.717) is 12.1 Å². The van der Waals surface area contributed by atoms with E-state index in [-0.39, 0.29) is 12.5 Å². The molecule has 0 bridgehead atoms. The Morgan fingerprint density at radius 1 is 1.52 bits per heavy atom. The average molecular weight is 283 g/mol. The maximum atomic E-state index is 12.1. The van der Waals surface area contributed by atoms with Gasteiger partial charge in [0.1, 0.15) is 5.82 Å². The predicted octanol–water partition coefficient (Wildman–Crippen LogP) is 1.36. The van der Waals surface area contributed by atoms with Gasteiger partial charge in [0.05, 0.1) is 24.7 Å². The van der Waals surface area contributed by atoms with Gasteiger partial charge in [0.25, 0.3) is 0 Å². The summed E-state index contributed by atoms with van der Waals surface area (Å²) in [6.07, 6.45) is 3.55. The number of carbonyl (C=O) groups is 1. The molecule has 1 N–H and O–H groups in total. The molecule has 1 aromatic carbocycles. The number of nitrogens with zero attached hydrogens (tertiary/aromatic N) is 4. The lowest BCUT2D eigenvalue weighted by molar-refractivity contribution is -0.128. The van der Waals surface area contributed by atoms with Crippen LogP contribution >= 0.6 is 0 Å². The summed E-state index contributed by atoms with van der Waals surface area (Å²) < 4.78 is 1.88. The van der Waals surface area contributed by atoms with Crippen LogP contribution in [0.2, 0.25) is 0 Å². The molecule has 0 saturated heterocycles. The molecular formula is C15H17N5O. The van der Waals surface area contributed by atoms with Gasteiger partial charge in [0, 0.05) is 32.2 Å². The number of aryl methyl sites for hydroxylation is 1. The lowest BCUT2D eigenvalue weighted by Crippen LogP contribution is -2.32. The minimum Gasteiger partial charge on any atom is -0.376 e. The number of hydrogen-bond acceptors (Lipinski definition) is 4. The van der Waals surface area contributed by atoms with Crippen molar-refractivity contribution in [2.75, 3.05) is 18.9 Å². The zero-order chi connectivity index (χ0) is 15.2. The van der Waals surface area contributed by atoms with Gasteiger partial charge in [0.2, 0.25) is 5.91 Å². The van der Waals surface area contributed by atoms with Crippen LogP contribution in [0.15, 0.2) is 36.7 Å². The molecule has 0 aliphatic carbocycles. The number of anilines is 1. The smallest absolute Gasteiger partial charge is 0.242 e. The van der Waals surface area contributed by atoms with Crippen molar-refractivity contribution in [3.63, 3.8) is 0 Å². The zero-order valence-corrected chi connectivity index (χ0v) is 12.1. The number of amides is 1. The molecule has 0 spiro atoms. The minimum absolute atomic E-state index is 0.0413. The summed E-state index contributed by atoms with van der Waals surface area (Å²) in [6.45, 7) is 0.637. The van der Waals surface area contributed by atoms with E-state index < -0.39 is 0 Å². The number of benzene rings is 1. The topological polar surface area (TPSA) is 74.0 Å². The molecule has 0 unspecified atom stereocenters. The highest BCUT2D eigenvalue weighted by molar-refractivity contribution is 5.80. The standard InChI is InChI=1S/C15H17N5O/c1-19-7-6-17-14(19)11-20(2)15(21)10-18-13-5-3-4-12(8-13)9-16/h3-8,18H,10-11H2,1-2H3. The van der Waals surface area contributed by atoms with Crippen molar-refractivity contribution >= 4 is 11.6 Å². The Balaban J connectivity index is 1.89. The van der Waals surface area contributed by atoms with Gasteiger partial charge in [-0.1, -0.05) is 6.07 Å². The quantitative estimate of drug-likeness (QED) is 0.899. The van der Waals surface area contributed by atoms with Gasteiger partial charge in [-0.05, 0) is 18.2 Å². The Morgan fingerprint density at radius 2 is 2.33 bits per heavy atom. The predicted molar refractivity (Wildman–Crippen MR) is 79.3 cm³/mol. The fourth-order valence-electron chi connectivity index (χ4n) is 1.86. The van der Waals surface area contributed by atoms with Crippen LogP contribution < -0.4 is 5.32 Å². The number of aromatic nitrogens is 2. The van der Waals surface area contributed by atoms with Crippen molar-refractivity contribution < 1.29 is 4.79 Å². The maximum Gasteiger partial charge on any atom is 0.242 e. The summed E-state index contributed by atoms with van der Waals surface area (Å²) in [4.78, 5) is 17.9. The summed E-state index contributed by atoms with van der Waals surface area (Å²) in [7, 11) is 3.64. The molecule has 0 saturated carbocycles. The number of nitriles is 1. The molecule has 1 aromatic heterocycles. The molecule has 0 fully saturated rings. The van der Waals surface area contributed by atoms with E-state index in [1.807, 2.05) is 23.9 Å². The van der Waals surface area contributed by atoms with Crippen LogP contribution in [0.4, 0.5) is 5.69 Å². The van der Waals surface area contributed by atoms with Gasteiger partial charge < -0.3 is 14.8 Å². The highest BCUT2D eigenvalue weighted by Crippen LogP contribution is 2.09. The normalized spacial score (nSPS) is 9.95. The number of imidazole rings is 1. The third-order valence-corrected chi connectivity index (χ3v) is 3.16. The van der Waals surface area contributed by atoms with Gasteiger partial charge >= 0.3 is 0 Å². The van der Waals surface area contributed by atoms with Gasteiger partial charge in [0.15, 0.2) is 0 Å². The van der Waals surface area contributed by atoms with Crippen LogP contribution in [-0.2, 0) is 18.4 Å². The summed E-state index contributed by atoms with van der Waals surface area (Å²) in [6, 6.07) is 9.11. The number of hydrogen-bond donors (Lipinski definition) is 1.